The van der Waals surface area contributed by atoms with E-state index < -0.39 is 12.2 Å². The number of nitrogens with zero attached hydrogens (tertiary/aromatic N) is 2. The van der Waals surface area contributed by atoms with Crippen LogP contribution in [-0.2, 0) is 0 Å². The first kappa shape index (κ1) is 14.8. The second-order valence-corrected chi connectivity index (χ2v) is 5.35. The predicted molar refractivity (Wildman–Crippen MR) is 70.2 cm³/mol. The van der Waals surface area contributed by atoms with Gasteiger partial charge < -0.3 is 20.2 Å². The molecule has 0 saturated heterocycles. The van der Waals surface area contributed by atoms with Crippen molar-refractivity contribution in [1.29, 1.82) is 0 Å². The highest BCUT2D eigenvalue weighted by Crippen LogP contribution is 2.27. The fraction of sp³-hybridized carbons (Fsp3) is 0.909. The quantitative estimate of drug-likeness (QED) is 0.473. The molecule has 3 N–H and O–H groups in total. The molecule has 0 heterocycles. The maximum Gasteiger partial charge on any atom is 0.158 e. The summed E-state index contributed by atoms with van der Waals surface area (Å²) < 4.78 is 0. The van der Waals surface area contributed by atoms with E-state index in [4.69, 9.17) is 5.11 Å². The van der Waals surface area contributed by atoms with Crippen LogP contribution in [0.4, 0.5) is 0 Å². The molecule has 5 nitrogen and oxygen atoms in total. The van der Waals surface area contributed by atoms with Crippen molar-refractivity contribution in [2.75, 3.05) is 27.0 Å². The van der Waals surface area contributed by atoms with E-state index in [2.05, 4.69) is 4.99 Å². The summed E-state index contributed by atoms with van der Waals surface area (Å²) in [5, 5.41) is 29.7. The van der Waals surface area contributed by atoms with Crippen molar-refractivity contribution in [1.82, 2.24) is 4.90 Å². The molecule has 0 spiro atoms. The number of aliphatic hydroxyl groups excluding tert-OH is 3. The van der Waals surface area contributed by atoms with Crippen molar-refractivity contribution in [3.63, 3.8) is 0 Å². The number of aliphatic hydroxyl groups is 3. The van der Waals surface area contributed by atoms with E-state index in [1.807, 2.05) is 25.3 Å². The standard InChI is InChI=1S/C11H22N2O3S/c1-13(2)11(17-3)12-8-5-4-7(6-14)9(15)10(8)16/h7-10,14-16H,4-6H2,1-3H3/t7-,8+,9-,10-/m1/s1. The molecule has 0 unspecified atom stereocenters. The van der Waals surface area contributed by atoms with Crippen molar-refractivity contribution >= 4 is 16.9 Å². The molecule has 6 heteroatoms. The molecule has 1 rings (SSSR count). The summed E-state index contributed by atoms with van der Waals surface area (Å²) in [4.78, 5) is 6.36. The highest BCUT2D eigenvalue weighted by atomic mass is 32.2. The summed E-state index contributed by atoms with van der Waals surface area (Å²) >= 11 is 1.52. The Morgan fingerprint density at radius 2 is 1.94 bits per heavy atom. The molecule has 0 aliphatic heterocycles. The maximum atomic E-state index is 9.97. The normalized spacial score (nSPS) is 34.8. The lowest BCUT2D eigenvalue weighted by Crippen LogP contribution is -2.47. The van der Waals surface area contributed by atoms with Crippen molar-refractivity contribution in [3.8, 4) is 0 Å². The van der Waals surface area contributed by atoms with Gasteiger partial charge in [0.15, 0.2) is 5.17 Å². The number of amidine groups is 1. The molecule has 0 aromatic rings. The number of rotatable bonds is 2. The van der Waals surface area contributed by atoms with Gasteiger partial charge in [0.1, 0.15) is 6.10 Å². The molecule has 100 valence electrons. The van der Waals surface area contributed by atoms with Gasteiger partial charge in [-0.25, -0.2) is 0 Å². The summed E-state index contributed by atoms with van der Waals surface area (Å²) in [6.45, 7) is -0.0856. The van der Waals surface area contributed by atoms with Crippen LogP contribution in [0.3, 0.4) is 0 Å². The molecule has 1 aliphatic rings. The first-order valence-electron chi connectivity index (χ1n) is 5.77. The van der Waals surface area contributed by atoms with E-state index in [-0.39, 0.29) is 18.6 Å². The smallest absolute Gasteiger partial charge is 0.158 e. The highest BCUT2D eigenvalue weighted by molar-refractivity contribution is 8.13. The van der Waals surface area contributed by atoms with Gasteiger partial charge in [-0.15, -0.1) is 0 Å². The zero-order chi connectivity index (χ0) is 13.0. The van der Waals surface area contributed by atoms with Gasteiger partial charge >= 0.3 is 0 Å². The molecule has 1 fully saturated rings. The van der Waals surface area contributed by atoms with E-state index >= 15 is 0 Å². The van der Waals surface area contributed by atoms with E-state index in [0.717, 1.165) is 5.17 Å². The third kappa shape index (κ3) is 3.58. The summed E-state index contributed by atoms with van der Waals surface area (Å²) in [5.41, 5.74) is 0. The summed E-state index contributed by atoms with van der Waals surface area (Å²) in [6.07, 6.45) is 1.55. The third-order valence-electron chi connectivity index (χ3n) is 3.14. The predicted octanol–water partition coefficient (Wildman–Crippen LogP) is -0.240. The number of thioether (sulfide) groups is 1. The Bertz CT molecular complexity index is 273. The summed E-state index contributed by atoms with van der Waals surface area (Å²) in [5.74, 6) is -0.228. The fourth-order valence-corrected chi connectivity index (χ4v) is 2.67. The topological polar surface area (TPSA) is 76.3 Å². The minimum Gasteiger partial charge on any atom is -0.396 e. The molecule has 0 aromatic heterocycles. The second-order valence-electron chi connectivity index (χ2n) is 4.58. The highest BCUT2D eigenvalue weighted by Gasteiger charge is 2.37. The summed E-state index contributed by atoms with van der Waals surface area (Å²) in [6, 6.07) is -0.280. The van der Waals surface area contributed by atoms with Gasteiger partial charge in [0.2, 0.25) is 0 Å². The van der Waals surface area contributed by atoms with E-state index in [9.17, 15) is 10.2 Å². The van der Waals surface area contributed by atoms with E-state index in [1.54, 1.807) is 0 Å². The Morgan fingerprint density at radius 3 is 2.41 bits per heavy atom. The number of hydrogen-bond acceptors (Lipinski definition) is 5. The van der Waals surface area contributed by atoms with Crippen LogP contribution in [0.2, 0.25) is 0 Å². The number of hydrogen-bond donors (Lipinski definition) is 3. The first-order chi connectivity index (χ1) is 8.01. The van der Waals surface area contributed by atoms with Crippen LogP contribution < -0.4 is 0 Å². The Morgan fingerprint density at radius 1 is 1.29 bits per heavy atom. The average Bonchev–Trinajstić information content (AvgIpc) is 2.30. The largest absolute Gasteiger partial charge is 0.396 e. The van der Waals surface area contributed by atoms with Crippen LogP contribution in [0.5, 0.6) is 0 Å². The lowest BCUT2D eigenvalue weighted by Gasteiger charge is -2.35. The molecule has 0 radical (unpaired) electrons. The van der Waals surface area contributed by atoms with E-state index in [0.29, 0.717) is 12.8 Å². The Balaban J connectivity index is 2.73. The lowest BCUT2D eigenvalue weighted by atomic mass is 9.82. The minimum atomic E-state index is -0.886. The molecule has 0 bridgehead atoms. The lowest BCUT2D eigenvalue weighted by molar-refractivity contribution is -0.0675. The van der Waals surface area contributed by atoms with Crippen LogP contribution in [-0.4, -0.2) is 70.6 Å². The van der Waals surface area contributed by atoms with Crippen molar-refractivity contribution in [2.24, 2.45) is 10.9 Å². The van der Waals surface area contributed by atoms with Gasteiger partial charge in [-0.1, -0.05) is 11.8 Å². The van der Waals surface area contributed by atoms with Gasteiger partial charge in [0, 0.05) is 26.6 Å². The zero-order valence-electron chi connectivity index (χ0n) is 10.6. The van der Waals surface area contributed by atoms with Gasteiger partial charge in [-0.3, -0.25) is 4.99 Å². The van der Waals surface area contributed by atoms with Crippen LogP contribution in [0.25, 0.3) is 0 Å². The van der Waals surface area contributed by atoms with Crippen molar-refractivity contribution in [2.45, 2.75) is 31.1 Å². The molecule has 0 aromatic carbocycles. The van der Waals surface area contributed by atoms with Gasteiger partial charge in [0.25, 0.3) is 0 Å². The van der Waals surface area contributed by atoms with E-state index in [1.165, 1.54) is 11.8 Å². The van der Waals surface area contributed by atoms with Crippen LogP contribution in [0.15, 0.2) is 4.99 Å². The minimum absolute atomic E-state index is 0.0856. The van der Waals surface area contributed by atoms with Crippen LogP contribution >= 0.6 is 11.8 Å². The van der Waals surface area contributed by atoms with Gasteiger partial charge in [-0.05, 0) is 19.1 Å². The molecule has 1 aliphatic carbocycles. The third-order valence-corrected chi connectivity index (χ3v) is 3.97. The first-order valence-corrected chi connectivity index (χ1v) is 6.99. The monoisotopic (exact) mass is 262 g/mol. The molecule has 4 atom stereocenters. The van der Waals surface area contributed by atoms with Gasteiger partial charge in [-0.2, -0.15) is 0 Å². The van der Waals surface area contributed by atoms with Crippen LogP contribution in [0.1, 0.15) is 12.8 Å². The van der Waals surface area contributed by atoms with Gasteiger partial charge in [0.05, 0.1) is 12.1 Å². The van der Waals surface area contributed by atoms with Crippen molar-refractivity contribution < 1.29 is 15.3 Å². The summed E-state index contributed by atoms with van der Waals surface area (Å²) in [7, 11) is 3.80. The van der Waals surface area contributed by atoms with Crippen molar-refractivity contribution in [3.05, 3.63) is 0 Å². The fourth-order valence-electron chi connectivity index (χ4n) is 2.07. The average molecular weight is 262 g/mol. The maximum absolute atomic E-state index is 9.97. The van der Waals surface area contributed by atoms with Crippen LogP contribution in [0, 0.1) is 5.92 Å². The molecular formula is C11H22N2O3S. The zero-order valence-corrected chi connectivity index (χ0v) is 11.4. The SMILES string of the molecule is CSC(=N[C@H]1CC[C@H](CO)[C@@H](O)[C@@H]1O)N(C)C. The molecule has 0 amide bonds. The molecule has 17 heavy (non-hydrogen) atoms. The number of aliphatic imine (C=N–C) groups is 1. The Labute approximate surface area is 107 Å². The molecule has 1 saturated carbocycles. The molecular weight excluding hydrogens is 240 g/mol. The second kappa shape index (κ2) is 6.58. The Hall–Kier alpha value is -0.300. The Kier molecular flexibility index (Phi) is 5.72.